The molecule has 1 aromatic heterocycles. The fourth-order valence-corrected chi connectivity index (χ4v) is 21.8. The highest BCUT2D eigenvalue weighted by Crippen LogP contribution is 2.61. The molecule has 2 heteroatoms. The molecule has 0 aliphatic heterocycles. The van der Waals surface area contributed by atoms with Gasteiger partial charge < -0.3 is 9.32 Å². The van der Waals surface area contributed by atoms with Crippen molar-refractivity contribution in [3.8, 4) is 100 Å². The lowest BCUT2D eigenvalue weighted by Crippen LogP contribution is -2.25. The number of furan rings is 1. The molecule has 2 nitrogen and oxygen atoms in total. The zero-order chi connectivity index (χ0) is 76.9. The van der Waals surface area contributed by atoms with Crippen molar-refractivity contribution in [3.05, 3.63) is 329 Å². The van der Waals surface area contributed by atoms with Gasteiger partial charge in [0, 0.05) is 60.2 Å². The summed E-state index contributed by atoms with van der Waals surface area (Å²) in [4.78, 5) is 2.46. The quantitative estimate of drug-likeness (QED) is 0.0667. The number of hydrogen-bond acceptors (Lipinski definition) is 2. The third kappa shape index (κ3) is 11.1. The van der Waals surface area contributed by atoms with Crippen LogP contribution in [0.2, 0.25) is 0 Å². The molecule has 5 aliphatic rings. The number of nitrogens with zero attached hydrogens (tertiary/aromatic N) is 1. The van der Waals surface area contributed by atoms with Crippen LogP contribution >= 0.6 is 0 Å². The topological polar surface area (TPSA) is 16.4 Å². The van der Waals surface area contributed by atoms with Crippen LogP contribution in [0.4, 0.5) is 17.1 Å². The number of para-hydroxylation sites is 2. The molecule has 0 N–H and O–H groups in total. The lowest BCUT2D eigenvalue weighted by molar-refractivity contribution is 0.398. The van der Waals surface area contributed by atoms with E-state index >= 15 is 0 Å². The molecule has 15 aromatic rings. The van der Waals surface area contributed by atoms with E-state index in [4.69, 9.17) is 4.42 Å². The normalized spacial score (nSPS) is 15.3. The Hall–Kier alpha value is -11.1. The second-order valence-corrected chi connectivity index (χ2v) is 36.0. The standard InChI is InChI=1S/C111H103NO/c1-11-13-15-17-19-30-60-111(61-31-20-18-16-14-12-2)92-38-28-26-34-80(92)87-57-48-77(68-100(87)111)76-47-56-86-85-55-46-75(66-98(85)110(9,10)99(86)67-76)74-45-54-84-83-53-44-73(64-96(83)109(7,8)97(84)65-74)72-43-52-82-81-51-42-71(62-94(81)108(5,6)95(82)63-72)70-40-49-79(50-41-70)112(78-32-22-21-23-33-78)102-69-101-104(90-37-25-24-35-88(90)102)105-93(107(101,3)4)59-58-91-89-36-27-29-39-103(89)113-106(91)105/h21-29,32-59,62-69H,11-20,30-31,60-61H2,1-10H3. The number of hydrogen-bond donors (Lipinski definition) is 0. The number of anilines is 3. The molecular weight excluding hydrogens is 1360 g/mol. The lowest BCUT2D eigenvalue weighted by Gasteiger charge is -2.33. The van der Waals surface area contributed by atoms with Gasteiger partial charge >= 0.3 is 0 Å². The molecular formula is C111H103NO. The van der Waals surface area contributed by atoms with Crippen molar-refractivity contribution in [3.63, 3.8) is 0 Å². The summed E-state index contributed by atoms with van der Waals surface area (Å²) in [7, 11) is 0. The summed E-state index contributed by atoms with van der Waals surface area (Å²) < 4.78 is 6.81. The summed E-state index contributed by atoms with van der Waals surface area (Å²) in [5.74, 6) is 0. The van der Waals surface area contributed by atoms with Crippen molar-refractivity contribution in [1.29, 1.82) is 0 Å². The van der Waals surface area contributed by atoms with E-state index in [1.807, 2.05) is 0 Å². The van der Waals surface area contributed by atoms with Gasteiger partial charge in [-0.3, -0.25) is 0 Å². The summed E-state index contributed by atoms with van der Waals surface area (Å²) in [6.45, 7) is 24.1. The Morgan fingerprint density at radius 1 is 0.248 bits per heavy atom. The van der Waals surface area contributed by atoms with Gasteiger partial charge in [-0.2, -0.15) is 0 Å². The van der Waals surface area contributed by atoms with Gasteiger partial charge in [-0.05, 0) is 247 Å². The van der Waals surface area contributed by atoms with Crippen molar-refractivity contribution >= 4 is 49.8 Å². The fraction of sp³-hybridized carbons (Fsp3) is 0.261. The van der Waals surface area contributed by atoms with Crippen molar-refractivity contribution < 1.29 is 4.42 Å². The molecule has 0 unspecified atom stereocenters. The minimum Gasteiger partial charge on any atom is -0.455 e. The highest BCUT2D eigenvalue weighted by atomic mass is 16.3. The molecule has 0 amide bonds. The average molecular weight is 1470 g/mol. The Labute approximate surface area is 669 Å². The maximum absolute atomic E-state index is 6.81. The summed E-state index contributed by atoms with van der Waals surface area (Å²) in [6.07, 6.45) is 18.4. The summed E-state index contributed by atoms with van der Waals surface area (Å²) in [6, 6.07) is 106. The molecule has 5 aliphatic carbocycles. The molecule has 0 fully saturated rings. The molecule has 558 valence electrons. The van der Waals surface area contributed by atoms with E-state index in [2.05, 4.69) is 347 Å². The van der Waals surface area contributed by atoms with Crippen LogP contribution in [0.25, 0.3) is 133 Å². The number of benzene rings is 14. The van der Waals surface area contributed by atoms with E-state index < -0.39 is 0 Å². The highest BCUT2D eigenvalue weighted by molar-refractivity contribution is 6.18. The van der Waals surface area contributed by atoms with Crippen molar-refractivity contribution in [1.82, 2.24) is 0 Å². The van der Waals surface area contributed by atoms with E-state index in [0.29, 0.717) is 0 Å². The van der Waals surface area contributed by atoms with Gasteiger partial charge in [-0.1, -0.05) is 340 Å². The Morgan fingerprint density at radius 2 is 0.611 bits per heavy atom. The fourth-order valence-electron chi connectivity index (χ4n) is 21.8. The smallest absolute Gasteiger partial charge is 0.143 e. The number of fused-ring (bicyclic) bond motifs is 21. The Balaban J connectivity index is 0.558. The van der Waals surface area contributed by atoms with E-state index in [9.17, 15) is 0 Å². The molecule has 0 bridgehead atoms. The van der Waals surface area contributed by atoms with Gasteiger partial charge in [0.15, 0.2) is 0 Å². The van der Waals surface area contributed by atoms with E-state index in [1.54, 1.807) is 11.1 Å². The van der Waals surface area contributed by atoms with Crippen LogP contribution in [-0.2, 0) is 27.1 Å². The SMILES string of the molecule is CCCCCCCCC1(CCCCCCCC)c2ccccc2-c2ccc(-c3ccc4c(c3)C(C)(C)c3cc(-c5ccc6c(c5)C(C)(C)c5cc(-c7ccc8c(c7)C(C)(C)c7cc(-c9ccc(N(c%10ccccc%10)c%10cc%11c(c%12ccccc%10%12)-c%10c(ccc%12c%10oc%10ccccc%10%12)C%11(C)C)cc9)ccc7-8)ccc5-6)ccc3-4)cc21. The second kappa shape index (κ2) is 27.1. The van der Waals surface area contributed by atoms with Gasteiger partial charge in [0.05, 0.1) is 5.69 Å². The first-order valence-electron chi connectivity index (χ1n) is 42.6. The van der Waals surface area contributed by atoms with Gasteiger partial charge in [0.1, 0.15) is 11.2 Å². The van der Waals surface area contributed by atoms with Crippen molar-refractivity contribution in [2.24, 2.45) is 0 Å². The molecule has 0 saturated heterocycles. The maximum Gasteiger partial charge on any atom is 0.143 e. The Bertz CT molecular complexity index is 6330. The van der Waals surface area contributed by atoms with Crippen LogP contribution in [0.3, 0.4) is 0 Å². The first-order valence-corrected chi connectivity index (χ1v) is 42.6. The average Bonchev–Trinajstić information content (AvgIpc) is 1.64. The molecule has 0 radical (unpaired) electrons. The molecule has 0 spiro atoms. The minimum absolute atomic E-state index is 0.0537. The third-order valence-corrected chi connectivity index (χ3v) is 28.1. The molecule has 113 heavy (non-hydrogen) atoms. The van der Waals surface area contributed by atoms with E-state index in [-0.39, 0.29) is 27.1 Å². The number of unbranched alkanes of at least 4 members (excludes halogenated alkanes) is 10. The van der Waals surface area contributed by atoms with E-state index in [1.165, 1.54) is 245 Å². The second-order valence-electron chi connectivity index (χ2n) is 36.0. The zero-order valence-corrected chi connectivity index (χ0v) is 67.7. The van der Waals surface area contributed by atoms with E-state index in [0.717, 1.165) is 39.0 Å². The highest BCUT2D eigenvalue weighted by Gasteiger charge is 2.45. The van der Waals surface area contributed by atoms with Gasteiger partial charge in [-0.15, -0.1) is 0 Å². The summed E-state index contributed by atoms with van der Waals surface area (Å²) in [5, 5.41) is 4.75. The number of rotatable bonds is 21. The van der Waals surface area contributed by atoms with Crippen LogP contribution in [0, 0.1) is 0 Å². The Kier molecular flexibility index (Phi) is 17.0. The lowest BCUT2D eigenvalue weighted by atomic mass is 9.70. The van der Waals surface area contributed by atoms with Gasteiger partial charge in [-0.25, -0.2) is 0 Å². The first kappa shape index (κ1) is 71.0. The predicted octanol–water partition coefficient (Wildman–Crippen LogP) is 31.9. The maximum atomic E-state index is 6.81. The van der Waals surface area contributed by atoms with Crippen LogP contribution in [0.15, 0.2) is 277 Å². The predicted molar refractivity (Wildman–Crippen MR) is 480 cm³/mol. The zero-order valence-electron chi connectivity index (χ0n) is 67.7. The van der Waals surface area contributed by atoms with Crippen molar-refractivity contribution in [2.75, 3.05) is 4.90 Å². The van der Waals surface area contributed by atoms with Gasteiger partial charge in [0.25, 0.3) is 0 Å². The molecule has 1 heterocycles. The molecule has 20 rings (SSSR count). The molecule has 0 saturated carbocycles. The van der Waals surface area contributed by atoms with Crippen LogP contribution in [0.5, 0.6) is 0 Å². The largest absolute Gasteiger partial charge is 0.455 e. The summed E-state index contributed by atoms with van der Waals surface area (Å²) in [5.41, 5.74) is 42.3. The summed E-state index contributed by atoms with van der Waals surface area (Å²) >= 11 is 0. The van der Waals surface area contributed by atoms with Crippen LogP contribution < -0.4 is 4.90 Å². The third-order valence-electron chi connectivity index (χ3n) is 28.1. The van der Waals surface area contributed by atoms with Crippen LogP contribution in [0.1, 0.15) is 215 Å². The van der Waals surface area contributed by atoms with Gasteiger partial charge in [0.2, 0.25) is 0 Å². The molecule has 0 atom stereocenters. The van der Waals surface area contributed by atoms with Crippen LogP contribution in [-0.4, -0.2) is 0 Å². The monoisotopic (exact) mass is 1470 g/mol. The minimum atomic E-state index is -0.273. The molecule has 14 aromatic carbocycles. The first-order chi connectivity index (χ1) is 55.0. The van der Waals surface area contributed by atoms with Crippen molar-refractivity contribution in [2.45, 2.75) is 186 Å². The Morgan fingerprint density at radius 3 is 1.10 bits per heavy atom.